The lowest BCUT2D eigenvalue weighted by atomic mass is 10.3. The normalized spacial score (nSPS) is 11.1. The van der Waals surface area contributed by atoms with Gasteiger partial charge in [-0.3, -0.25) is 0 Å². The van der Waals surface area contributed by atoms with E-state index >= 15 is 0 Å². The number of nitrogens with zero attached hydrogens (tertiary/aromatic N) is 2. The smallest absolute Gasteiger partial charge is 0.364 e. The van der Waals surface area contributed by atoms with Crippen LogP contribution >= 0.6 is 11.6 Å². The molecule has 0 aliphatic heterocycles. The van der Waals surface area contributed by atoms with Gasteiger partial charge in [0.1, 0.15) is 5.75 Å². The van der Waals surface area contributed by atoms with Crippen LogP contribution in [0.5, 0.6) is 5.75 Å². The second kappa shape index (κ2) is 6.19. The van der Waals surface area contributed by atoms with Gasteiger partial charge in [0.05, 0.1) is 17.0 Å². The van der Waals surface area contributed by atoms with Gasteiger partial charge in [-0.05, 0) is 12.1 Å². The summed E-state index contributed by atoms with van der Waals surface area (Å²) in [6, 6.07) is 8.31. The highest BCUT2D eigenvalue weighted by Gasteiger charge is 2.22. The first-order valence-corrected chi connectivity index (χ1v) is 7.99. The van der Waals surface area contributed by atoms with E-state index in [1.807, 2.05) is 0 Å². The van der Waals surface area contributed by atoms with Crippen molar-refractivity contribution in [3.8, 4) is 5.75 Å². The van der Waals surface area contributed by atoms with Crippen LogP contribution in [0.1, 0.15) is 17.4 Å². The number of hydrogen-bond acceptors (Lipinski definition) is 6. The van der Waals surface area contributed by atoms with Crippen LogP contribution in [0.15, 0.2) is 41.7 Å². The second-order valence-electron chi connectivity index (χ2n) is 3.96. The molecule has 2 rings (SSSR count). The average molecular weight is 327 g/mol. The molecule has 0 aliphatic carbocycles. The molecule has 0 spiro atoms. The second-order valence-corrected chi connectivity index (χ2v) is 6.53. The zero-order valence-corrected chi connectivity index (χ0v) is 12.6. The fourth-order valence-electron chi connectivity index (χ4n) is 1.42. The van der Waals surface area contributed by atoms with Crippen LogP contribution in [0.2, 0.25) is 5.02 Å². The number of benzene rings is 1. The number of carbonyl (C=O) groups is 1. The van der Waals surface area contributed by atoms with Crippen molar-refractivity contribution in [2.45, 2.75) is 12.1 Å². The van der Waals surface area contributed by atoms with E-state index in [9.17, 15) is 13.2 Å². The van der Waals surface area contributed by atoms with Crippen LogP contribution in [0, 0.1) is 0 Å². The monoisotopic (exact) mass is 326 g/mol. The third-order valence-corrected chi connectivity index (χ3v) is 4.32. The number of aromatic nitrogens is 2. The van der Waals surface area contributed by atoms with Crippen molar-refractivity contribution in [1.29, 1.82) is 0 Å². The van der Waals surface area contributed by atoms with Crippen molar-refractivity contribution in [2.75, 3.05) is 5.75 Å². The third kappa shape index (κ3) is 3.56. The first-order chi connectivity index (χ1) is 9.94. The van der Waals surface area contributed by atoms with Crippen molar-refractivity contribution < 1.29 is 17.9 Å². The largest absolute Gasteiger partial charge is 0.422 e. The standard InChI is InChI=1S/C13H11ClN2O4S/c1-2-21(18,19)13-15-8-10(14)11(16-13)12(17)20-9-6-4-3-5-7-9/h3-8H,2H2,1H3. The molecule has 0 unspecified atom stereocenters. The number of hydrogen-bond donors (Lipinski definition) is 0. The number of halogens is 1. The number of carbonyl (C=O) groups excluding carboxylic acids is 1. The zero-order chi connectivity index (χ0) is 15.5. The molecule has 0 atom stereocenters. The average Bonchev–Trinajstić information content (AvgIpc) is 2.48. The lowest BCUT2D eigenvalue weighted by Crippen LogP contribution is -2.16. The Kier molecular flexibility index (Phi) is 4.54. The van der Waals surface area contributed by atoms with Gasteiger partial charge in [-0.1, -0.05) is 36.7 Å². The molecule has 0 amide bonds. The minimum Gasteiger partial charge on any atom is -0.422 e. The molecule has 0 radical (unpaired) electrons. The Hall–Kier alpha value is -1.99. The van der Waals surface area contributed by atoms with Gasteiger partial charge in [0.15, 0.2) is 5.69 Å². The van der Waals surface area contributed by atoms with Crippen molar-refractivity contribution in [3.05, 3.63) is 47.2 Å². The van der Waals surface area contributed by atoms with Crippen molar-refractivity contribution in [3.63, 3.8) is 0 Å². The van der Waals surface area contributed by atoms with Crippen LogP contribution in [0.4, 0.5) is 0 Å². The number of rotatable bonds is 4. The van der Waals surface area contributed by atoms with Crippen LogP contribution in [-0.4, -0.2) is 30.1 Å². The molecule has 0 aliphatic rings. The molecule has 0 saturated carbocycles. The number of ether oxygens (including phenoxy) is 1. The predicted octanol–water partition coefficient (Wildman–Crippen LogP) is 2.14. The van der Waals surface area contributed by atoms with E-state index in [1.54, 1.807) is 30.3 Å². The maximum atomic E-state index is 12.0. The Morgan fingerprint density at radius 2 is 1.95 bits per heavy atom. The molecule has 1 aromatic heterocycles. The van der Waals surface area contributed by atoms with Gasteiger partial charge in [-0.25, -0.2) is 23.2 Å². The van der Waals surface area contributed by atoms with Crippen molar-refractivity contribution in [1.82, 2.24) is 9.97 Å². The number of para-hydroxylation sites is 1. The molecule has 0 N–H and O–H groups in total. The molecule has 110 valence electrons. The van der Waals surface area contributed by atoms with E-state index < -0.39 is 21.0 Å². The first kappa shape index (κ1) is 15.4. The van der Waals surface area contributed by atoms with Gasteiger partial charge in [0.25, 0.3) is 0 Å². The number of sulfone groups is 1. The quantitative estimate of drug-likeness (QED) is 0.486. The molecule has 0 saturated heterocycles. The summed E-state index contributed by atoms with van der Waals surface area (Å²) in [5.41, 5.74) is -0.289. The molecule has 8 heteroatoms. The van der Waals surface area contributed by atoms with Crippen LogP contribution in [0.3, 0.4) is 0 Å². The SMILES string of the molecule is CCS(=O)(=O)c1ncc(Cl)c(C(=O)Oc2ccccc2)n1. The van der Waals surface area contributed by atoms with E-state index in [0.717, 1.165) is 6.20 Å². The van der Waals surface area contributed by atoms with Gasteiger partial charge in [-0.15, -0.1) is 0 Å². The molecular formula is C13H11ClN2O4S. The molecule has 6 nitrogen and oxygen atoms in total. The van der Waals surface area contributed by atoms with E-state index in [2.05, 4.69) is 9.97 Å². The molecule has 0 bridgehead atoms. The van der Waals surface area contributed by atoms with Gasteiger partial charge < -0.3 is 4.74 Å². The van der Waals surface area contributed by atoms with Crippen LogP contribution in [0.25, 0.3) is 0 Å². The van der Waals surface area contributed by atoms with Crippen LogP contribution in [-0.2, 0) is 9.84 Å². The summed E-state index contributed by atoms with van der Waals surface area (Å²) in [5.74, 6) is -0.722. The minimum atomic E-state index is -3.63. The fourth-order valence-corrected chi connectivity index (χ4v) is 2.29. The van der Waals surface area contributed by atoms with Crippen LogP contribution < -0.4 is 4.74 Å². The van der Waals surface area contributed by atoms with Gasteiger partial charge >= 0.3 is 5.97 Å². The highest BCUT2D eigenvalue weighted by molar-refractivity contribution is 7.91. The minimum absolute atomic E-state index is 0.0778. The summed E-state index contributed by atoms with van der Waals surface area (Å²) in [6.07, 6.45) is 1.07. The fraction of sp³-hybridized carbons (Fsp3) is 0.154. The van der Waals surface area contributed by atoms with Gasteiger partial charge in [0, 0.05) is 0 Å². The summed E-state index contributed by atoms with van der Waals surface area (Å²) in [5, 5.41) is -0.527. The Morgan fingerprint density at radius 3 is 2.57 bits per heavy atom. The highest BCUT2D eigenvalue weighted by Crippen LogP contribution is 2.18. The first-order valence-electron chi connectivity index (χ1n) is 5.96. The lowest BCUT2D eigenvalue weighted by Gasteiger charge is -2.06. The molecule has 1 aromatic carbocycles. The third-order valence-electron chi connectivity index (χ3n) is 2.53. The molecular weight excluding hydrogens is 316 g/mol. The zero-order valence-electron chi connectivity index (χ0n) is 11.0. The summed E-state index contributed by atoms with van der Waals surface area (Å²) in [6.45, 7) is 1.45. The van der Waals surface area contributed by atoms with Crippen molar-refractivity contribution >= 4 is 27.4 Å². The van der Waals surface area contributed by atoms with E-state index in [4.69, 9.17) is 16.3 Å². The Balaban J connectivity index is 2.35. The maximum Gasteiger partial charge on any atom is 0.364 e. The Labute approximate surface area is 126 Å². The molecule has 1 heterocycles. The summed E-state index contributed by atoms with van der Waals surface area (Å²) in [7, 11) is -3.63. The molecule has 21 heavy (non-hydrogen) atoms. The molecule has 0 fully saturated rings. The van der Waals surface area contributed by atoms with Gasteiger partial charge in [-0.2, -0.15) is 0 Å². The van der Waals surface area contributed by atoms with E-state index in [-0.39, 0.29) is 16.5 Å². The topological polar surface area (TPSA) is 86.2 Å². The summed E-state index contributed by atoms with van der Waals surface area (Å²) in [4.78, 5) is 19.3. The Bertz CT molecular complexity index is 763. The summed E-state index contributed by atoms with van der Waals surface area (Å²) >= 11 is 5.83. The number of esters is 1. The Morgan fingerprint density at radius 1 is 1.29 bits per heavy atom. The lowest BCUT2D eigenvalue weighted by molar-refractivity contribution is 0.0727. The van der Waals surface area contributed by atoms with E-state index in [0.29, 0.717) is 5.75 Å². The predicted molar refractivity (Wildman–Crippen MR) is 76.2 cm³/mol. The molecule has 2 aromatic rings. The van der Waals surface area contributed by atoms with Gasteiger partial charge in [0.2, 0.25) is 15.0 Å². The summed E-state index contributed by atoms with van der Waals surface area (Å²) < 4.78 is 28.5. The maximum absolute atomic E-state index is 12.0. The highest BCUT2D eigenvalue weighted by atomic mass is 35.5. The van der Waals surface area contributed by atoms with E-state index in [1.165, 1.54) is 6.92 Å². The van der Waals surface area contributed by atoms with Crippen molar-refractivity contribution in [2.24, 2.45) is 0 Å².